The molecule has 0 heterocycles. The zero-order valence-corrected chi connectivity index (χ0v) is 20.2. The Hall–Kier alpha value is 0.433. The summed E-state index contributed by atoms with van der Waals surface area (Å²) in [6.45, 7) is 0. The molecule has 0 aliphatic heterocycles. The molecule has 0 amide bonds. The van der Waals surface area contributed by atoms with Gasteiger partial charge in [0, 0.05) is 0 Å². The molecule has 0 bridgehead atoms. The minimum atomic E-state index is 0. The van der Waals surface area contributed by atoms with Crippen LogP contribution in [-0.4, -0.2) is 0 Å². The third-order valence-corrected chi connectivity index (χ3v) is 6.07. The maximum absolute atomic E-state index is 3.67. The van der Waals surface area contributed by atoms with Gasteiger partial charge in [-0.15, -0.1) is 114 Å². The zero-order chi connectivity index (χ0) is 14.4. The summed E-state index contributed by atoms with van der Waals surface area (Å²) in [6.07, 6.45) is 0. The maximum Gasteiger partial charge on any atom is 4.00 e. The minimum Gasteiger partial charge on any atom is -1.00 e. The van der Waals surface area contributed by atoms with E-state index in [-0.39, 0.29) is 51.0 Å². The smallest absolute Gasteiger partial charge is 1.00 e. The van der Waals surface area contributed by atoms with E-state index in [9.17, 15) is 0 Å². The van der Waals surface area contributed by atoms with Crippen LogP contribution in [0.25, 0.3) is 21.5 Å². The fourth-order valence-electron chi connectivity index (χ4n) is 2.67. The van der Waals surface area contributed by atoms with Gasteiger partial charge in [-0.05, 0) is 9.79 Å². The van der Waals surface area contributed by atoms with Crippen molar-refractivity contribution in [2.45, 2.75) is 9.79 Å². The Morgan fingerprint density at radius 2 is 1.12 bits per heavy atom. The molecule has 0 nitrogen and oxygen atoms in total. The molecule has 0 aliphatic rings. The van der Waals surface area contributed by atoms with Crippen molar-refractivity contribution in [1.82, 2.24) is 0 Å². The molecule has 0 saturated heterocycles. The quantitative estimate of drug-likeness (QED) is 0.321. The van der Waals surface area contributed by atoms with Gasteiger partial charge in [0.25, 0.3) is 0 Å². The number of rotatable bonds is 2. The van der Waals surface area contributed by atoms with E-state index in [0.717, 1.165) is 8.95 Å². The van der Waals surface area contributed by atoms with E-state index in [2.05, 4.69) is 92.5 Å². The molecule has 4 aromatic rings. The SMILES string of the molecule is Brc1c[cH-]c2cccc(Sc3cccc4[cH-]cc(Br)c34)c12.[Cl-].[Cl-].[Zr+4]. The van der Waals surface area contributed by atoms with Gasteiger partial charge >= 0.3 is 26.2 Å². The van der Waals surface area contributed by atoms with Crippen LogP contribution in [0.3, 0.4) is 0 Å². The van der Waals surface area contributed by atoms with Gasteiger partial charge in [0.15, 0.2) is 0 Å². The van der Waals surface area contributed by atoms with Gasteiger partial charge in [-0.2, -0.15) is 0 Å². The number of fused-ring (bicyclic) bond motifs is 2. The Morgan fingerprint density at radius 3 is 1.54 bits per heavy atom. The van der Waals surface area contributed by atoms with Crippen molar-refractivity contribution < 1.29 is 51.0 Å². The van der Waals surface area contributed by atoms with Crippen LogP contribution in [0.5, 0.6) is 0 Å². The second-order valence-electron chi connectivity index (χ2n) is 4.91. The average molecular weight is 580 g/mol. The summed E-state index contributed by atoms with van der Waals surface area (Å²) in [4.78, 5) is 2.56. The van der Waals surface area contributed by atoms with E-state index in [4.69, 9.17) is 0 Å². The van der Waals surface area contributed by atoms with Crippen molar-refractivity contribution in [1.29, 1.82) is 0 Å². The molecule has 0 aromatic heterocycles. The molecule has 0 atom stereocenters. The molecular formula is C18H10Br2Cl2SZr. The van der Waals surface area contributed by atoms with Gasteiger partial charge in [-0.1, -0.05) is 21.1 Å². The topological polar surface area (TPSA) is 0 Å². The van der Waals surface area contributed by atoms with Gasteiger partial charge < -0.3 is 24.8 Å². The summed E-state index contributed by atoms with van der Waals surface area (Å²) in [6, 6.07) is 21.5. The Kier molecular flexibility index (Phi) is 8.80. The van der Waals surface area contributed by atoms with Crippen molar-refractivity contribution in [3.63, 3.8) is 0 Å². The Bertz CT molecular complexity index is 884. The first-order valence-corrected chi connectivity index (χ1v) is 9.00. The maximum atomic E-state index is 3.67. The first-order valence-electron chi connectivity index (χ1n) is 6.60. The summed E-state index contributed by atoms with van der Waals surface area (Å²) in [7, 11) is 0. The van der Waals surface area contributed by atoms with Crippen LogP contribution in [0.4, 0.5) is 0 Å². The van der Waals surface area contributed by atoms with Crippen LogP contribution in [0, 0.1) is 0 Å². The van der Waals surface area contributed by atoms with Gasteiger partial charge in [0.05, 0.1) is 0 Å². The standard InChI is InChI=1S/C18H10Br2S.2ClH.Zr/c19-13-9-7-11-3-1-5-15(17(11)13)21-16-6-2-4-12-8-10-14(20)18(12)16;;;/h1-10H;2*1H;/q-2;;;+4/p-2. The molecule has 6 heteroatoms. The van der Waals surface area contributed by atoms with Gasteiger partial charge in [0.2, 0.25) is 0 Å². The molecule has 0 saturated carbocycles. The molecule has 0 radical (unpaired) electrons. The number of hydrogen-bond acceptors (Lipinski definition) is 1. The monoisotopic (exact) mass is 576 g/mol. The second-order valence-corrected chi connectivity index (χ2v) is 7.70. The molecule has 0 aliphatic carbocycles. The Labute approximate surface area is 193 Å². The van der Waals surface area contributed by atoms with Gasteiger partial charge in [-0.3, -0.25) is 0 Å². The number of benzene rings is 2. The van der Waals surface area contributed by atoms with Crippen molar-refractivity contribution in [3.05, 3.63) is 69.6 Å². The summed E-state index contributed by atoms with van der Waals surface area (Å²) in [5.41, 5.74) is 0. The largest absolute Gasteiger partial charge is 4.00 e. The molecule has 0 fully saturated rings. The van der Waals surface area contributed by atoms with Crippen molar-refractivity contribution in [2.24, 2.45) is 0 Å². The van der Waals surface area contributed by atoms with Crippen molar-refractivity contribution in [2.75, 3.05) is 0 Å². The fraction of sp³-hybridized carbons (Fsp3) is 0. The van der Waals surface area contributed by atoms with Gasteiger partial charge in [-0.25, -0.2) is 0 Å². The van der Waals surface area contributed by atoms with Gasteiger partial charge in [0.1, 0.15) is 0 Å². The molecule has 0 spiro atoms. The van der Waals surface area contributed by atoms with E-state index in [1.54, 1.807) is 0 Å². The molecule has 0 N–H and O–H groups in total. The normalized spacial score (nSPS) is 10.1. The van der Waals surface area contributed by atoms with E-state index in [1.807, 2.05) is 11.8 Å². The summed E-state index contributed by atoms with van der Waals surface area (Å²) >= 11 is 9.15. The molecule has 4 rings (SSSR count). The predicted molar refractivity (Wildman–Crippen MR) is 98.6 cm³/mol. The number of hydrogen-bond donors (Lipinski definition) is 0. The zero-order valence-electron chi connectivity index (χ0n) is 12.2. The third-order valence-electron chi connectivity index (χ3n) is 3.63. The van der Waals surface area contributed by atoms with Crippen LogP contribution in [0.2, 0.25) is 0 Å². The van der Waals surface area contributed by atoms with Crippen LogP contribution in [0.1, 0.15) is 0 Å². The second kappa shape index (κ2) is 9.39. The van der Waals surface area contributed by atoms with E-state index in [1.165, 1.54) is 31.3 Å². The molecule has 4 aromatic carbocycles. The minimum absolute atomic E-state index is 0. The molecule has 120 valence electrons. The van der Waals surface area contributed by atoms with E-state index >= 15 is 0 Å². The summed E-state index contributed by atoms with van der Waals surface area (Å²) < 4.78 is 2.32. The predicted octanol–water partition coefficient (Wildman–Crippen LogP) is 1.11. The first-order chi connectivity index (χ1) is 10.2. The van der Waals surface area contributed by atoms with Crippen LogP contribution in [-0.2, 0) is 26.2 Å². The van der Waals surface area contributed by atoms with Crippen LogP contribution < -0.4 is 24.8 Å². The van der Waals surface area contributed by atoms with Crippen molar-refractivity contribution in [3.8, 4) is 0 Å². The average Bonchev–Trinajstić information content (AvgIpc) is 3.05. The Balaban J connectivity index is 0.000000960. The third kappa shape index (κ3) is 4.05. The first kappa shape index (κ1) is 22.5. The molecule has 24 heavy (non-hydrogen) atoms. The van der Waals surface area contributed by atoms with Crippen LogP contribution >= 0.6 is 43.6 Å². The molecule has 0 unspecified atom stereocenters. The summed E-state index contributed by atoms with van der Waals surface area (Å²) in [5, 5.41) is 5.14. The Morgan fingerprint density at radius 1 is 0.708 bits per heavy atom. The van der Waals surface area contributed by atoms with E-state index in [0.29, 0.717) is 0 Å². The fourth-order valence-corrected chi connectivity index (χ4v) is 5.27. The van der Waals surface area contributed by atoms with E-state index < -0.39 is 0 Å². The molecular weight excluding hydrogens is 570 g/mol. The summed E-state index contributed by atoms with van der Waals surface area (Å²) in [5.74, 6) is 0. The number of halogens is 4. The van der Waals surface area contributed by atoms with Crippen LogP contribution in [0.15, 0.2) is 79.4 Å². The van der Waals surface area contributed by atoms with Crippen molar-refractivity contribution >= 4 is 65.2 Å².